The van der Waals surface area contributed by atoms with Gasteiger partial charge in [-0.2, -0.15) is 5.10 Å². The van der Waals surface area contributed by atoms with Gasteiger partial charge in [-0.1, -0.05) is 0 Å². The normalized spacial score (nSPS) is 27.0. The fourth-order valence-corrected chi connectivity index (χ4v) is 4.62. The zero-order valence-corrected chi connectivity index (χ0v) is 17.2. The van der Waals surface area contributed by atoms with Gasteiger partial charge >= 0.3 is 0 Å². The molecule has 7 heteroatoms. The van der Waals surface area contributed by atoms with Crippen molar-refractivity contribution in [2.75, 3.05) is 62.2 Å². The Hall–Kier alpha value is -1.86. The molecule has 2 atom stereocenters. The molecule has 4 rings (SSSR count). The number of aliphatic hydroxyl groups excluding tert-OH is 1. The van der Waals surface area contributed by atoms with Gasteiger partial charge in [0, 0.05) is 70.7 Å². The summed E-state index contributed by atoms with van der Waals surface area (Å²) in [6.07, 6.45) is 5.54. The fraction of sp³-hybridized carbons (Fsp3) is 0.714. The minimum Gasteiger partial charge on any atom is -0.393 e. The lowest BCUT2D eigenvalue weighted by Gasteiger charge is -2.40. The first-order valence-corrected chi connectivity index (χ1v) is 10.8. The summed E-state index contributed by atoms with van der Waals surface area (Å²) >= 11 is 0. The molecule has 0 spiro atoms. The van der Waals surface area contributed by atoms with Crippen molar-refractivity contribution in [1.29, 1.82) is 0 Å². The molecule has 3 aliphatic rings. The summed E-state index contributed by atoms with van der Waals surface area (Å²) in [6, 6.07) is 4.75. The molecule has 154 valence electrons. The van der Waals surface area contributed by atoms with E-state index >= 15 is 0 Å². The van der Waals surface area contributed by atoms with Crippen molar-refractivity contribution in [3.63, 3.8) is 0 Å². The number of rotatable bonds is 5. The summed E-state index contributed by atoms with van der Waals surface area (Å²) < 4.78 is 0. The number of nitrogens with zero attached hydrogens (tertiary/aromatic N) is 6. The zero-order valence-electron chi connectivity index (χ0n) is 17.2. The van der Waals surface area contributed by atoms with Gasteiger partial charge in [-0.25, -0.2) is 4.98 Å². The van der Waals surface area contributed by atoms with E-state index in [1.807, 2.05) is 12.3 Å². The van der Waals surface area contributed by atoms with Crippen LogP contribution in [-0.4, -0.2) is 90.7 Å². The second kappa shape index (κ2) is 8.66. The Kier molecular flexibility index (Phi) is 6.01. The van der Waals surface area contributed by atoms with Crippen LogP contribution in [0.25, 0.3) is 0 Å². The predicted molar refractivity (Wildman–Crippen MR) is 114 cm³/mol. The highest BCUT2D eigenvalue weighted by molar-refractivity contribution is 5.67. The van der Waals surface area contributed by atoms with Crippen molar-refractivity contribution >= 4 is 17.7 Å². The molecule has 4 heterocycles. The van der Waals surface area contributed by atoms with Gasteiger partial charge in [0.05, 0.1) is 17.8 Å². The van der Waals surface area contributed by atoms with Gasteiger partial charge in [-0.3, -0.25) is 9.91 Å². The van der Waals surface area contributed by atoms with Crippen LogP contribution in [0.4, 0.5) is 11.5 Å². The van der Waals surface area contributed by atoms with Gasteiger partial charge < -0.3 is 14.9 Å². The van der Waals surface area contributed by atoms with Gasteiger partial charge in [-0.05, 0) is 38.8 Å². The monoisotopic (exact) mass is 386 g/mol. The molecule has 1 aromatic heterocycles. The Bertz CT molecular complexity index is 667. The summed E-state index contributed by atoms with van der Waals surface area (Å²) in [4.78, 5) is 12.1. The Balaban J connectivity index is 1.35. The summed E-state index contributed by atoms with van der Waals surface area (Å²) in [5, 5.41) is 16.6. The Morgan fingerprint density at radius 3 is 2.50 bits per heavy atom. The van der Waals surface area contributed by atoms with E-state index in [2.05, 4.69) is 50.9 Å². The van der Waals surface area contributed by atoms with E-state index < -0.39 is 0 Å². The molecule has 0 radical (unpaired) electrons. The molecule has 0 amide bonds. The van der Waals surface area contributed by atoms with Crippen molar-refractivity contribution in [3.05, 3.63) is 18.3 Å². The Morgan fingerprint density at radius 2 is 1.82 bits per heavy atom. The number of anilines is 2. The molecule has 2 unspecified atom stereocenters. The average Bonchev–Trinajstić information content (AvgIpc) is 3.09. The molecule has 0 aromatic carbocycles. The van der Waals surface area contributed by atoms with Crippen molar-refractivity contribution in [3.8, 4) is 0 Å². The molecule has 0 bridgehead atoms. The molecule has 2 fully saturated rings. The number of hydrogen-bond donors (Lipinski definition) is 1. The van der Waals surface area contributed by atoms with Crippen LogP contribution in [0.15, 0.2) is 23.4 Å². The first-order chi connectivity index (χ1) is 13.7. The van der Waals surface area contributed by atoms with Crippen LogP contribution in [0.3, 0.4) is 0 Å². The number of hydrogen-bond acceptors (Lipinski definition) is 7. The summed E-state index contributed by atoms with van der Waals surface area (Å²) in [7, 11) is 0. The standard InChI is InChI=1S/C21H34N6O/c1-3-27-17(2)18(15-23-27)16-24-11-13-25(14-12-24)20-5-4-8-22-21(20)26-9-6-19(28)7-10-26/h4-5,8,15,17-19,28H,3,6-7,9-14,16H2,1-2H3. The van der Waals surface area contributed by atoms with Crippen LogP contribution in [0, 0.1) is 5.92 Å². The number of piperazine rings is 1. The van der Waals surface area contributed by atoms with Crippen LogP contribution in [0.1, 0.15) is 26.7 Å². The quantitative estimate of drug-likeness (QED) is 0.828. The number of pyridine rings is 1. The van der Waals surface area contributed by atoms with E-state index in [9.17, 15) is 5.11 Å². The van der Waals surface area contributed by atoms with Crippen LogP contribution in [-0.2, 0) is 0 Å². The van der Waals surface area contributed by atoms with Crippen molar-refractivity contribution in [2.24, 2.45) is 11.0 Å². The van der Waals surface area contributed by atoms with Crippen LogP contribution < -0.4 is 9.80 Å². The smallest absolute Gasteiger partial charge is 0.152 e. The van der Waals surface area contributed by atoms with E-state index in [4.69, 9.17) is 4.98 Å². The molecule has 0 saturated carbocycles. The Morgan fingerprint density at radius 1 is 1.07 bits per heavy atom. The zero-order chi connectivity index (χ0) is 19.5. The third-order valence-corrected chi connectivity index (χ3v) is 6.53. The molecule has 28 heavy (non-hydrogen) atoms. The second-order valence-electron chi connectivity index (χ2n) is 8.28. The first kappa shape index (κ1) is 19.5. The van der Waals surface area contributed by atoms with Crippen LogP contribution >= 0.6 is 0 Å². The van der Waals surface area contributed by atoms with Crippen molar-refractivity contribution in [2.45, 2.75) is 38.8 Å². The highest BCUT2D eigenvalue weighted by Crippen LogP contribution is 2.30. The van der Waals surface area contributed by atoms with Gasteiger partial charge in [0.2, 0.25) is 0 Å². The number of aliphatic hydroxyl groups is 1. The van der Waals surface area contributed by atoms with E-state index in [0.717, 1.165) is 71.0 Å². The lowest BCUT2D eigenvalue weighted by atomic mass is 10.0. The van der Waals surface area contributed by atoms with Gasteiger partial charge in [0.25, 0.3) is 0 Å². The summed E-state index contributed by atoms with van der Waals surface area (Å²) in [5.74, 6) is 1.61. The van der Waals surface area contributed by atoms with Crippen molar-refractivity contribution in [1.82, 2.24) is 14.9 Å². The molecule has 1 aromatic rings. The van der Waals surface area contributed by atoms with E-state index in [-0.39, 0.29) is 6.10 Å². The van der Waals surface area contributed by atoms with E-state index in [1.165, 1.54) is 5.69 Å². The highest BCUT2D eigenvalue weighted by Gasteiger charge is 2.30. The lowest BCUT2D eigenvalue weighted by molar-refractivity contribution is 0.145. The maximum Gasteiger partial charge on any atom is 0.152 e. The largest absolute Gasteiger partial charge is 0.393 e. The lowest BCUT2D eigenvalue weighted by Crippen LogP contribution is -2.49. The maximum absolute atomic E-state index is 9.81. The topological polar surface area (TPSA) is 58.4 Å². The Labute approximate surface area is 168 Å². The van der Waals surface area contributed by atoms with Gasteiger partial charge in [-0.15, -0.1) is 0 Å². The SMILES string of the molecule is CCN1N=CC(CN2CCN(c3cccnc3N3CCC(O)CC3)CC2)C1C. The first-order valence-electron chi connectivity index (χ1n) is 10.8. The van der Waals surface area contributed by atoms with E-state index in [1.54, 1.807) is 0 Å². The number of aromatic nitrogens is 1. The molecule has 0 aliphatic carbocycles. The molecule has 3 aliphatic heterocycles. The summed E-state index contributed by atoms with van der Waals surface area (Å²) in [5.41, 5.74) is 1.24. The van der Waals surface area contributed by atoms with Crippen LogP contribution in [0.5, 0.6) is 0 Å². The molecular formula is C21H34N6O. The van der Waals surface area contributed by atoms with Crippen LogP contribution in [0.2, 0.25) is 0 Å². The fourth-order valence-electron chi connectivity index (χ4n) is 4.62. The minimum atomic E-state index is -0.155. The molecule has 1 N–H and O–H groups in total. The third-order valence-electron chi connectivity index (χ3n) is 6.53. The molecule has 7 nitrogen and oxygen atoms in total. The van der Waals surface area contributed by atoms with Gasteiger partial charge in [0.15, 0.2) is 5.82 Å². The van der Waals surface area contributed by atoms with Crippen molar-refractivity contribution < 1.29 is 5.11 Å². The second-order valence-corrected chi connectivity index (χ2v) is 8.28. The minimum absolute atomic E-state index is 0.155. The predicted octanol–water partition coefficient (Wildman–Crippen LogP) is 1.49. The number of hydrazone groups is 1. The maximum atomic E-state index is 9.81. The molecular weight excluding hydrogens is 352 g/mol. The summed E-state index contributed by atoms with van der Waals surface area (Å²) in [6.45, 7) is 12.5. The third kappa shape index (κ3) is 4.10. The van der Waals surface area contributed by atoms with E-state index in [0.29, 0.717) is 12.0 Å². The van der Waals surface area contributed by atoms with Gasteiger partial charge in [0.1, 0.15) is 0 Å². The number of piperidine rings is 1. The average molecular weight is 387 g/mol. The molecule has 2 saturated heterocycles. The highest BCUT2D eigenvalue weighted by atomic mass is 16.3.